The van der Waals surface area contributed by atoms with Crippen LogP contribution in [0.1, 0.15) is 16.1 Å². The number of hydrogen-bond donors (Lipinski definition) is 2. The van der Waals surface area contributed by atoms with Crippen LogP contribution in [0, 0.1) is 6.92 Å². The van der Waals surface area contributed by atoms with E-state index in [9.17, 15) is 4.79 Å². The summed E-state index contributed by atoms with van der Waals surface area (Å²) in [6, 6.07) is 6.68. The molecule has 0 fully saturated rings. The summed E-state index contributed by atoms with van der Waals surface area (Å²) in [6.07, 6.45) is 0. The van der Waals surface area contributed by atoms with Gasteiger partial charge in [0.25, 0.3) is 5.91 Å². The van der Waals surface area contributed by atoms with Crippen molar-refractivity contribution in [1.29, 1.82) is 0 Å². The van der Waals surface area contributed by atoms with Crippen molar-refractivity contribution in [3.8, 4) is 11.5 Å². The lowest BCUT2D eigenvalue weighted by molar-refractivity contribution is 0.102. The van der Waals surface area contributed by atoms with Gasteiger partial charge in [0.05, 0.1) is 11.3 Å². The molecule has 3 rings (SSSR count). The van der Waals surface area contributed by atoms with Gasteiger partial charge in [-0.1, -0.05) is 0 Å². The van der Waals surface area contributed by atoms with Crippen LogP contribution in [0.2, 0.25) is 0 Å². The monoisotopic (exact) mass is 349 g/mol. The first-order chi connectivity index (χ1) is 10.0. The van der Waals surface area contributed by atoms with Gasteiger partial charge in [-0.2, -0.15) is 0 Å². The Bertz CT molecular complexity index is 734. The van der Waals surface area contributed by atoms with Crippen LogP contribution in [0.25, 0.3) is 0 Å². The van der Waals surface area contributed by atoms with Gasteiger partial charge in [0.1, 0.15) is 5.82 Å². The molecule has 0 atom stereocenters. The van der Waals surface area contributed by atoms with Gasteiger partial charge in [-0.15, -0.1) is 0 Å². The number of ether oxygens (including phenoxy) is 2. The number of amides is 1. The summed E-state index contributed by atoms with van der Waals surface area (Å²) in [7, 11) is 0. The number of aromatic nitrogens is 1. The second kappa shape index (κ2) is 5.25. The van der Waals surface area contributed by atoms with Crippen LogP contribution >= 0.6 is 15.9 Å². The minimum Gasteiger partial charge on any atom is -0.454 e. The molecule has 7 heteroatoms. The first-order valence-corrected chi connectivity index (χ1v) is 6.97. The van der Waals surface area contributed by atoms with Crippen LogP contribution < -0.4 is 20.5 Å². The van der Waals surface area contributed by atoms with Crippen LogP contribution in [0.15, 0.2) is 28.7 Å². The normalized spacial score (nSPS) is 12.3. The van der Waals surface area contributed by atoms with Crippen molar-refractivity contribution in [3.05, 3.63) is 40.0 Å². The predicted octanol–water partition coefficient (Wildman–Crippen LogP) is 2.72. The zero-order valence-electron chi connectivity index (χ0n) is 11.1. The van der Waals surface area contributed by atoms with Crippen LogP contribution in [0.4, 0.5) is 11.5 Å². The summed E-state index contributed by atoms with van der Waals surface area (Å²) >= 11 is 3.36. The Hall–Kier alpha value is -2.28. The fourth-order valence-corrected chi connectivity index (χ4v) is 2.17. The molecule has 0 saturated heterocycles. The number of rotatable bonds is 2. The zero-order valence-corrected chi connectivity index (χ0v) is 12.7. The maximum Gasteiger partial charge on any atom is 0.259 e. The molecule has 21 heavy (non-hydrogen) atoms. The van der Waals surface area contributed by atoms with Crippen molar-refractivity contribution in [2.45, 2.75) is 6.92 Å². The number of nitrogens with one attached hydrogen (secondary N) is 1. The number of benzene rings is 1. The van der Waals surface area contributed by atoms with Gasteiger partial charge in [0.2, 0.25) is 6.79 Å². The summed E-state index contributed by atoms with van der Waals surface area (Å²) < 4.78 is 11.3. The molecule has 1 amide bonds. The molecule has 1 aromatic heterocycles. The zero-order chi connectivity index (χ0) is 15.0. The molecule has 0 aliphatic carbocycles. The largest absolute Gasteiger partial charge is 0.454 e. The highest BCUT2D eigenvalue weighted by atomic mass is 79.9. The molecule has 0 spiro atoms. The summed E-state index contributed by atoms with van der Waals surface area (Å²) in [5.74, 6) is 1.16. The summed E-state index contributed by atoms with van der Waals surface area (Å²) in [5, 5.41) is 2.71. The molecule has 1 aromatic carbocycles. The number of hydrogen-bond acceptors (Lipinski definition) is 5. The quantitative estimate of drug-likeness (QED) is 0.814. The molecule has 2 heterocycles. The molecular formula is C14H12BrN3O3. The fraction of sp³-hybridized carbons (Fsp3) is 0.143. The Morgan fingerprint density at radius 2 is 2.05 bits per heavy atom. The van der Waals surface area contributed by atoms with E-state index in [0.717, 1.165) is 10.2 Å². The average Bonchev–Trinajstić information content (AvgIpc) is 2.89. The molecule has 108 valence electrons. The number of carbonyl (C=O) groups excluding carboxylic acids is 1. The second-order valence-electron chi connectivity index (χ2n) is 4.51. The Kier molecular flexibility index (Phi) is 3.42. The number of nitrogens with two attached hydrogens (primary N) is 1. The maximum atomic E-state index is 12.3. The second-order valence-corrected chi connectivity index (χ2v) is 5.36. The Morgan fingerprint density at radius 1 is 1.33 bits per heavy atom. The van der Waals surface area contributed by atoms with Crippen molar-refractivity contribution < 1.29 is 14.3 Å². The van der Waals surface area contributed by atoms with Crippen LogP contribution in [0.5, 0.6) is 11.5 Å². The lowest BCUT2D eigenvalue weighted by Crippen LogP contribution is -2.15. The number of halogens is 1. The summed E-state index contributed by atoms with van der Waals surface area (Å²) in [4.78, 5) is 16.6. The maximum absolute atomic E-state index is 12.3. The fourth-order valence-electron chi connectivity index (χ4n) is 1.95. The van der Waals surface area contributed by atoms with E-state index in [-0.39, 0.29) is 12.7 Å². The van der Waals surface area contributed by atoms with E-state index >= 15 is 0 Å². The Labute approximate surface area is 129 Å². The first kappa shape index (κ1) is 13.7. The smallest absolute Gasteiger partial charge is 0.259 e. The SMILES string of the molecule is Cc1nc(NC(=O)c2cc3c(cc2N)OCO3)ccc1Br. The van der Waals surface area contributed by atoms with Crippen LogP contribution in [-0.2, 0) is 0 Å². The topological polar surface area (TPSA) is 86.5 Å². The molecule has 3 N–H and O–H groups in total. The van der Waals surface area contributed by atoms with Gasteiger partial charge in [-0.25, -0.2) is 4.98 Å². The van der Waals surface area contributed by atoms with E-state index in [2.05, 4.69) is 26.2 Å². The Morgan fingerprint density at radius 3 is 2.76 bits per heavy atom. The molecule has 0 saturated carbocycles. The Balaban J connectivity index is 1.87. The summed E-state index contributed by atoms with van der Waals surface area (Å²) in [6.45, 7) is 1.97. The molecule has 2 aromatic rings. The van der Waals surface area contributed by atoms with E-state index in [0.29, 0.717) is 28.6 Å². The molecule has 6 nitrogen and oxygen atoms in total. The number of carbonyl (C=O) groups is 1. The van der Waals surface area contributed by atoms with Gasteiger partial charge < -0.3 is 20.5 Å². The average molecular weight is 350 g/mol. The molecule has 1 aliphatic rings. The number of aryl methyl sites for hydroxylation is 1. The van der Waals surface area contributed by atoms with E-state index < -0.39 is 0 Å². The van der Waals surface area contributed by atoms with Gasteiger partial charge in [-0.05, 0) is 41.1 Å². The third kappa shape index (κ3) is 2.64. The van der Waals surface area contributed by atoms with Crippen molar-refractivity contribution in [1.82, 2.24) is 4.98 Å². The number of nitrogens with zero attached hydrogens (tertiary/aromatic N) is 1. The lowest BCUT2D eigenvalue weighted by Gasteiger charge is -2.09. The number of fused-ring (bicyclic) bond motifs is 1. The molecule has 1 aliphatic heterocycles. The highest BCUT2D eigenvalue weighted by molar-refractivity contribution is 9.10. The van der Waals surface area contributed by atoms with E-state index in [1.165, 1.54) is 0 Å². The number of anilines is 2. The standard InChI is InChI=1S/C14H12BrN3O3/c1-7-9(15)2-3-13(17-7)18-14(19)8-4-11-12(5-10(8)16)21-6-20-11/h2-5H,6,16H2,1H3,(H,17,18,19). The molecular weight excluding hydrogens is 338 g/mol. The highest BCUT2D eigenvalue weighted by Gasteiger charge is 2.20. The predicted molar refractivity (Wildman–Crippen MR) is 81.6 cm³/mol. The number of pyridine rings is 1. The van der Waals surface area contributed by atoms with E-state index in [4.69, 9.17) is 15.2 Å². The molecule has 0 bridgehead atoms. The minimum absolute atomic E-state index is 0.132. The molecule has 0 radical (unpaired) electrons. The lowest BCUT2D eigenvalue weighted by atomic mass is 10.1. The van der Waals surface area contributed by atoms with Gasteiger partial charge in [0.15, 0.2) is 11.5 Å². The van der Waals surface area contributed by atoms with Crippen molar-refractivity contribution in [2.24, 2.45) is 0 Å². The van der Waals surface area contributed by atoms with Gasteiger partial charge >= 0.3 is 0 Å². The number of nitrogen functional groups attached to an aromatic ring is 1. The minimum atomic E-state index is -0.347. The summed E-state index contributed by atoms with van der Waals surface area (Å²) in [5.41, 5.74) is 7.31. The van der Waals surface area contributed by atoms with Crippen molar-refractivity contribution in [3.63, 3.8) is 0 Å². The van der Waals surface area contributed by atoms with Gasteiger partial charge in [-0.3, -0.25) is 4.79 Å². The van der Waals surface area contributed by atoms with E-state index in [1.807, 2.05) is 13.0 Å². The highest BCUT2D eigenvalue weighted by Crippen LogP contribution is 2.36. The third-order valence-electron chi connectivity index (χ3n) is 3.05. The van der Waals surface area contributed by atoms with Crippen molar-refractivity contribution in [2.75, 3.05) is 17.8 Å². The first-order valence-electron chi connectivity index (χ1n) is 6.18. The molecule has 0 unspecified atom stereocenters. The van der Waals surface area contributed by atoms with E-state index in [1.54, 1.807) is 18.2 Å². The van der Waals surface area contributed by atoms with Crippen LogP contribution in [-0.4, -0.2) is 17.7 Å². The third-order valence-corrected chi connectivity index (χ3v) is 3.89. The van der Waals surface area contributed by atoms with Crippen molar-refractivity contribution >= 4 is 33.3 Å². The van der Waals surface area contributed by atoms with Crippen LogP contribution in [0.3, 0.4) is 0 Å². The van der Waals surface area contributed by atoms with Gasteiger partial charge in [0, 0.05) is 16.2 Å².